The fourth-order valence-electron chi connectivity index (χ4n) is 2.03. The van der Waals surface area contributed by atoms with Crippen molar-refractivity contribution < 1.29 is 17.6 Å². The molecule has 0 aliphatic carbocycles. The highest BCUT2D eigenvalue weighted by molar-refractivity contribution is 7.99. The van der Waals surface area contributed by atoms with Crippen LogP contribution in [0.15, 0.2) is 64.4 Å². The van der Waals surface area contributed by atoms with E-state index < -0.39 is 32.7 Å². The van der Waals surface area contributed by atoms with Crippen molar-refractivity contribution in [1.29, 1.82) is 0 Å². The molecule has 0 heterocycles. The molecule has 0 aromatic heterocycles. The van der Waals surface area contributed by atoms with Crippen LogP contribution in [0.1, 0.15) is 6.92 Å². The molecule has 2 aromatic carbocycles. The van der Waals surface area contributed by atoms with Crippen LogP contribution in [0.25, 0.3) is 0 Å². The van der Waals surface area contributed by atoms with Crippen LogP contribution in [-0.4, -0.2) is 32.7 Å². The Bertz CT molecular complexity index is 814. The zero-order valence-corrected chi connectivity index (χ0v) is 15.2. The number of rotatable bonds is 8. The van der Waals surface area contributed by atoms with Gasteiger partial charge in [-0.2, -0.15) is 4.72 Å². The van der Waals surface area contributed by atoms with Gasteiger partial charge in [0.15, 0.2) is 0 Å². The summed E-state index contributed by atoms with van der Waals surface area (Å²) in [6, 6.07) is 13.7. The second-order valence-electron chi connectivity index (χ2n) is 5.23. The summed E-state index contributed by atoms with van der Waals surface area (Å²) in [6.45, 7) is 1.81. The molecule has 0 aliphatic rings. The minimum atomic E-state index is -4.10. The summed E-state index contributed by atoms with van der Waals surface area (Å²) in [5.41, 5.74) is 0. The molecule has 5 nitrogen and oxygen atoms in total. The second kappa shape index (κ2) is 8.98. The van der Waals surface area contributed by atoms with Crippen LogP contribution in [0.4, 0.5) is 4.39 Å². The van der Waals surface area contributed by atoms with E-state index >= 15 is 0 Å². The molecule has 0 bridgehead atoms. The van der Waals surface area contributed by atoms with E-state index in [1.54, 1.807) is 11.8 Å². The lowest BCUT2D eigenvalue weighted by molar-refractivity contribution is -0.122. The van der Waals surface area contributed by atoms with Gasteiger partial charge in [-0.25, -0.2) is 12.8 Å². The molecule has 2 N–H and O–H groups in total. The maximum Gasteiger partial charge on any atom is 0.244 e. The van der Waals surface area contributed by atoms with Crippen molar-refractivity contribution in [2.45, 2.75) is 22.8 Å². The minimum Gasteiger partial charge on any atom is -0.354 e. The Morgan fingerprint density at radius 2 is 1.76 bits per heavy atom. The predicted octanol–water partition coefficient (Wildman–Crippen LogP) is 2.40. The number of halogens is 1. The molecule has 2 rings (SSSR count). The van der Waals surface area contributed by atoms with E-state index in [1.165, 1.54) is 19.1 Å². The fraction of sp³-hybridized carbons (Fsp3) is 0.235. The Balaban J connectivity index is 1.82. The van der Waals surface area contributed by atoms with Crippen LogP contribution in [-0.2, 0) is 14.8 Å². The van der Waals surface area contributed by atoms with Gasteiger partial charge in [0.25, 0.3) is 0 Å². The molecule has 0 aliphatic heterocycles. The van der Waals surface area contributed by atoms with Crippen LogP contribution in [0, 0.1) is 5.82 Å². The number of amides is 1. The molecule has 2 aromatic rings. The third-order valence-corrected chi connectivity index (χ3v) is 5.85. The van der Waals surface area contributed by atoms with Gasteiger partial charge < -0.3 is 5.32 Å². The Labute approximate surface area is 151 Å². The summed E-state index contributed by atoms with van der Waals surface area (Å²) in [7, 11) is -4.10. The van der Waals surface area contributed by atoms with E-state index in [-0.39, 0.29) is 0 Å². The van der Waals surface area contributed by atoms with Crippen LogP contribution < -0.4 is 10.0 Å². The highest BCUT2D eigenvalue weighted by atomic mass is 32.2. The van der Waals surface area contributed by atoms with Crippen LogP contribution >= 0.6 is 11.8 Å². The van der Waals surface area contributed by atoms with Gasteiger partial charge in [0.1, 0.15) is 10.7 Å². The lowest BCUT2D eigenvalue weighted by Gasteiger charge is -2.14. The Hall–Kier alpha value is -1.90. The first-order valence-electron chi connectivity index (χ1n) is 7.62. The normalized spacial score (nSPS) is 12.6. The number of thioether (sulfide) groups is 1. The highest BCUT2D eigenvalue weighted by Gasteiger charge is 2.24. The maximum absolute atomic E-state index is 13.6. The summed E-state index contributed by atoms with van der Waals surface area (Å²) in [5, 5.41) is 2.66. The molecule has 1 amide bonds. The van der Waals surface area contributed by atoms with Crippen LogP contribution in [0.3, 0.4) is 0 Å². The van der Waals surface area contributed by atoms with E-state index in [2.05, 4.69) is 10.0 Å². The third kappa shape index (κ3) is 5.84. The van der Waals surface area contributed by atoms with Gasteiger partial charge in [0.05, 0.1) is 6.04 Å². The van der Waals surface area contributed by atoms with Crippen molar-refractivity contribution in [2.24, 2.45) is 0 Å². The summed E-state index contributed by atoms with van der Waals surface area (Å²) in [4.78, 5) is 12.6. The average molecular weight is 382 g/mol. The number of nitrogens with one attached hydrogen (secondary N) is 2. The zero-order valence-electron chi connectivity index (χ0n) is 13.6. The van der Waals surface area contributed by atoms with Gasteiger partial charge in [0.2, 0.25) is 15.9 Å². The monoisotopic (exact) mass is 382 g/mol. The first-order valence-corrected chi connectivity index (χ1v) is 10.1. The number of carbonyl (C=O) groups excluding carboxylic acids is 1. The second-order valence-corrected chi connectivity index (χ2v) is 8.08. The smallest absolute Gasteiger partial charge is 0.244 e. The zero-order chi connectivity index (χ0) is 18.3. The van der Waals surface area contributed by atoms with Gasteiger partial charge in [-0.05, 0) is 31.2 Å². The van der Waals surface area contributed by atoms with Crippen molar-refractivity contribution in [3.8, 4) is 0 Å². The Kier molecular flexibility index (Phi) is 6.98. The molecule has 134 valence electrons. The van der Waals surface area contributed by atoms with E-state index in [0.29, 0.717) is 12.3 Å². The van der Waals surface area contributed by atoms with Gasteiger partial charge >= 0.3 is 0 Å². The first-order chi connectivity index (χ1) is 11.9. The van der Waals surface area contributed by atoms with Crippen molar-refractivity contribution >= 4 is 27.7 Å². The van der Waals surface area contributed by atoms with Crippen LogP contribution in [0.2, 0.25) is 0 Å². The fourth-order valence-corrected chi connectivity index (χ4v) is 4.10. The number of hydrogen-bond donors (Lipinski definition) is 2. The van der Waals surface area contributed by atoms with E-state index in [4.69, 9.17) is 0 Å². The lowest BCUT2D eigenvalue weighted by atomic mass is 10.3. The Morgan fingerprint density at radius 3 is 2.44 bits per heavy atom. The molecular weight excluding hydrogens is 363 g/mol. The van der Waals surface area contributed by atoms with Crippen molar-refractivity contribution in [3.05, 3.63) is 60.4 Å². The quantitative estimate of drug-likeness (QED) is 0.543. The maximum atomic E-state index is 13.6. The topological polar surface area (TPSA) is 75.3 Å². The molecule has 0 unspecified atom stereocenters. The Morgan fingerprint density at radius 1 is 1.12 bits per heavy atom. The number of hydrogen-bond acceptors (Lipinski definition) is 4. The number of benzene rings is 2. The summed E-state index contributed by atoms with van der Waals surface area (Å²) >= 11 is 1.58. The number of carbonyl (C=O) groups is 1. The molecule has 0 radical (unpaired) electrons. The largest absolute Gasteiger partial charge is 0.354 e. The molecule has 0 saturated carbocycles. The summed E-state index contributed by atoms with van der Waals surface area (Å²) in [5.74, 6) is -0.668. The molecule has 0 fully saturated rings. The average Bonchev–Trinajstić information content (AvgIpc) is 2.59. The third-order valence-electron chi connectivity index (χ3n) is 3.26. The molecule has 0 spiro atoms. The van der Waals surface area contributed by atoms with E-state index in [9.17, 15) is 17.6 Å². The molecule has 8 heteroatoms. The van der Waals surface area contributed by atoms with Gasteiger partial charge in [-0.1, -0.05) is 30.3 Å². The van der Waals surface area contributed by atoms with E-state index in [1.807, 2.05) is 30.3 Å². The molecular formula is C17H19FN2O3S2. The summed E-state index contributed by atoms with van der Waals surface area (Å²) < 4.78 is 40.1. The van der Waals surface area contributed by atoms with Gasteiger partial charge in [0, 0.05) is 17.2 Å². The van der Waals surface area contributed by atoms with Crippen molar-refractivity contribution in [3.63, 3.8) is 0 Å². The SMILES string of the molecule is C[C@@H](NS(=O)(=O)c1ccccc1F)C(=O)NCCSc1ccccc1. The highest BCUT2D eigenvalue weighted by Crippen LogP contribution is 2.16. The van der Waals surface area contributed by atoms with Crippen LogP contribution in [0.5, 0.6) is 0 Å². The standard InChI is InChI=1S/C17H19FN2O3S2/c1-13(20-25(22,23)16-10-6-5-9-15(16)18)17(21)19-11-12-24-14-7-3-2-4-8-14/h2-10,13,20H,11-12H2,1H3,(H,19,21)/t13-/m1/s1. The predicted molar refractivity (Wildman–Crippen MR) is 96.4 cm³/mol. The van der Waals surface area contributed by atoms with E-state index in [0.717, 1.165) is 17.0 Å². The number of sulfonamides is 1. The summed E-state index contributed by atoms with van der Waals surface area (Å²) in [6.07, 6.45) is 0. The molecule has 0 saturated heterocycles. The van der Waals surface area contributed by atoms with Gasteiger partial charge in [-0.3, -0.25) is 4.79 Å². The van der Waals surface area contributed by atoms with Crippen molar-refractivity contribution in [1.82, 2.24) is 10.0 Å². The van der Waals surface area contributed by atoms with Crippen molar-refractivity contribution in [2.75, 3.05) is 12.3 Å². The minimum absolute atomic E-state index is 0.393. The van der Waals surface area contributed by atoms with Gasteiger partial charge in [-0.15, -0.1) is 11.8 Å². The molecule has 1 atom stereocenters. The lowest BCUT2D eigenvalue weighted by Crippen LogP contribution is -2.45. The first kappa shape index (κ1) is 19.4. The molecule has 25 heavy (non-hydrogen) atoms.